The summed E-state index contributed by atoms with van der Waals surface area (Å²) in [5.41, 5.74) is 3.62. The fraction of sp³-hybridized carbons (Fsp3) is 0.423. The lowest BCUT2D eigenvalue weighted by molar-refractivity contribution is 0.238. The minimum Gasteiger partial charge on any atom is -0.343 e. The number of fused-ring (bicyclic) bond motifs is 1. The minimum atomic E-state index is -1.28. The maximum atomic E-state index is 10.8. The first-order valence-corrected chi connectivity index (χ1v) is 12.5. The highest BCUT2D eigenvalue weighted by Gasteiger charge is 2.61. The molecule has 1 aromatic heterocycles. The highest BCUT2D eigenvalue weighted by molar-refractivity contribution is 7.81. The van der Waals surface area contributed by atoms with E-state index in [-0.39, 0.29) is 23.2 Å². The Labute approximate surface area is 205 Å². The van der Waals surface area contributed by atoms with Crippen LogP contribution in [0.5, 0.6) is 0 Å². The third kappa shape index (κ3) is 3.45. The zero-order chi connectivity index (χ0) is 23.3. The van der Waals surface area contributed by atoms with Crippen LogP contribution in [0.3, 0.4) is 0 Å². The Hall–Kier alpha value is -2.49. The molecule has 1 saturated heterocycles. The fourth-order valence-corrected chi connectivity index (χ4v) is 6.54. The molecule has 2 aliphatic rings. The Morgan fingerprint density at radius 2 is 1.91 bits per heavy atom. The summed E-state index contributed by atoms with van der Waals surface area (Å²) >= 11 is 11.4. The van der Waals surface area contributed by atoms with Gasteiger partial charge in [0.15, 0.2) is 5.41 Å². The summed E-state index contributed by atoms with van der Waals surface area (Å²) in [4.78, 5) is 10.4. The molecule has 7 heteroatoms. The minimum absolute atomic E-state index is 0.208. The van der Waals surface area contributed by atoms with Crippen LogP contribution in [0, 0.1) is 30.6 Å². The summed E-state index contributed by atoms with van der Waals surface area (Å²) in [5, 5.41) is 20.4. The Morgan fingerprint density at radius 3 is 2.61 bits per heavy atom. The average Bonchev–Trinajstić information content (AvgIpc) is 3.30. The van der Waals surface area contributed by atoms with Gasteiger partial charge in [-0.05, 0) is 67.6 Å². The molecule has 3 atom stereocenters. The number of hydrogen-bond donors (Lipinski definition) is 3. The molecule has 1 saturated carbocycles. The Balaban J connectivity index is 1.72. The number of nitrogens with one attached hydrogen (secondary N) is 2. The van der Waals surface area contributed by atoms with Crippen molar-refractivity contribution in [1.82, 2.24) is 14.9 Å². The molecule has 0 amide bonds. The van der Waals surface area contributed by atoms with E-state index in [1.807, 2.05) is 30.3 Å². The molecule has 5 nitrogen and oxygen atoms in total. The molecule has 1 aliphatic carbocycles. The lowest BCUT2D eigenvalue weighted by atomic mass is 9.74. The lowest BCUT2D eigenvalue weighted by Gasteiger charge is -2.36. The maximum absolute atomic E-state index is 10.8. The zero-order valence-electron chi connectivity index (χ0n) is 18.9. The van der Waals surface area contributed by atoms with Crippen molar-refractivity contribution in [2.75, 3.05) is 0 Å². The quantitative estimate of drug-likeness (QED) is 0.389. The Kier molecular flexibility index (Phi) is 5.66. The molecular weight excluding hydrogens is 450 g/mol. The van der Waals surface area contributed by atoms with Gasteiger partial charge in [-0.3, -0.25) is 5.41 Å². The van der Waals surface area contributed by atoms with Gasteiger partial charge >= 0.3 is 0 Å². The van der Waals surface area contributed by atoms with Crippen LogP contribution in [-0.2, 0) is 5.41 Å². The topological polar surface area (TPSA) is 79.6 Å². The van der Waals surface area contributed by atoms with E-state index in [9.17, 15) is 10.7 Å². The van der Waals surface area contributed by atoms with Crippen LogP contribution in [0.1, 0.15) is 60.5 Å². The van der Waals surface area contributed by atoms with E-state index < -0.39 is 5.41 Å². The molecule has 1 aliphatic heterocycles. The van der Waals surface area contributed by atoms with E-state index in [1.54, 1.807) is 0 Å². The smallest absolute Gasteiger partial charge is 0.181 e. The highest BCUT2D eigenvalue weighted by atomic mass is 35.5. The van der Waals surface area contributed by atoms with E-state index in [1.165, 1.54) is 6.42 Å². The number of amidine groups is 1. The Morgan fingerprint density at radius 1 is 1.18 bits per heavy atom. The predicted octanol–water partition coefficient (Wildman–Crippen LogP) is 6.26. The van der Waals surface area contributed by atoms with Crippen LogP contribution in [0.15, 0.2) is 36.4 Å². The number of aromatic nitrogens is 2. The summed E-state index contributed by atoms with van der Waals surface area (Å²) in [6.07, 6.45) is 5.53. The van der Waals surface area contributed by atoms with Crippen molar-refractivity contribution in [1.29, 1.82) is 10.7 Å². The van der Waals surface area contributed by atoms with Gasteiger partial charge in [-0.25, -0.2) is 4.98 Å². The second-order valence-corrected chi connectivity index (χ2v) is 10.4. The molecule has 2 aromatic carbocycles. The third-order valence-corrected chi connectivity index (χ3v) is 8.29. The van der Waals surface area contributed by atoms with Gasteiger partial charge in [0.05, 0.1) is 22.5 Å². The van der Waals surface area contributed by atoms with Crippen molar-refractivity contribution in [2.45, 2.75) is 68.7 Å². The van der Waals surface area contributed by atoms with Crippen LogP contribution in [0.4, 0.5) is 0 Å². The first-order chi connectivity index (χ1) is 15.9. The van der Waals surface area contributed by atoms with E-state index in [4.69, 9.17) is 29.2 Å². The van der Waals surface area contributed by atoms with Gasteiger partial charge in [0.1, 0.15) is 11.7 Å². The van der Waals surface area contributed by atoms with Gasteiger partial charge < -0.3 is 9.88 Å². The number of aryl methyl sites for hydroxylation is 2. The van der Waals surface area contributed by atoms with E-state index in [0.29, 0.717) is 10.8 Å². The number of thiol groups is 1. The molecule has 2 N–H and O–H groups in total. The van der Waals surface area contributed by atoms with Gasteiger partial charge in [0.25, 0.3) is 0 Å². The second-order valence-electron chi connectivity index (χ2n) is 9.45. The number of rotatable bonds is 3. The fourth-order valence-electron chi connectivity index (χ4n) is 5.64. The number of likely N-dealkylation sites (tertiary alicyclic amines) is 1. The van der Waals surface area contributed by atoms with Crippen molar-refractivity contribution < 1.29 is 0 Å². The van der Waals surface area contributed by atoms with Crippen LogP contribution in [0.2, 0.25) is 5.02 Å². The molecular formula is C26H28ClN5S. The van der Waals surface area contributed by atoms with Crippen molar-refractivity contribution in [3.8, 4) is 6.07 Å². The molecule has 5 rings (SSSR count). The van der Waals surface area contributed by atoms with Crippen molar-refractivity contribution in [2.24, 2.45) is 0 Å². The summed E-state index contributed by atoms with van der Waals surface area (Å²) in [6.45, 7) is 4.13. The second kappa shape index (κ2) is 8.38. The van der Waals surface area contributed by atoms with Crippen LogP contribution >= 0.6 is 24.2 Å². The largest absolute Gasteiger partial charge is 0.343 e. The monoisotopic (exact) mass is 477 g/mol. The summed E-state index contributed by atoms with van der Waals surface area (Å²) < 4.78 is 0. The molecule has 0 spiro atoms. The number of benzene rings is 2. The lowest BCUT2D eigenvalue weighted by Crippen LogP contribution is -2.44. The number of hydrogen-bond acceptors (Lipinski definition) is 4. The molecule has 2 heterocycles. The average molecular weight is 478 g/mol. The van der Waals surface area contributed by atoms with Crippen molar-refractivity contribution in [3.05, 3.63) is 63.9 Å². The van der Waals surface area contributed by atoms with Gasteiger partial charge in [0.2, 0.25) is 0 Å². The van der Waals surface area contributed by atoms with Crippen LogP contribution in [-0.4, -0.2) is 32.1 Å². The summed E-state index contributed by atoms with van der Waals surface area (Å²) in [6, 6.07) is 14.5. The van der Waals surface area contributed by atoms with Crippen LogP contribution < -0.4 is 0 Å². The number of imidazole rings is 1. The molecule has 170 valence electrons. The number of aromatic amines is 1. The highest BCUT2D eigenvalue weighted by Crippen LogP contribution is 2.52. The standard InChI is InChI=1S/C26H28ClN5S/c1-15-11-20-21(12-16(15)2)31-25(30-20)26(14-28)22(17-7-6-8-18(27)13-17)23(33)32(24(26)29)19-9-4-3-5-10-19/h6-8,11-13,19,22-23,29,33H,3-5,9-10H2,1-2H3,(H,30,31). The molecule has 33 heavy (non-hydrogen) atoms. The number of H-pyrrole nitrogens is 1. The van der Waals surface area contributed by atoms with E-state index in [0.717, 1.165) is 53.4 Å². The third-order valence-electron chi connectivity index (χ3n) is 7.50. The van der Waals surface area contributed by atoms with Crippen molar-refractivity contribution in [3.63, 3.8) is 0 Å². The zero-order valence-corrected chi connectivity index (χ0v) is 20.5. The predicted molar refractivity (Wildman–Crippen MR) is 136 cm³/mol. The number of halogens is 1. The maximum Gasteiger partial charge on any atom is 0.181 e. The van der Waals surface area contributed by atoms with Crippen molar-refractivity contribution >= 4 is 41.1 Å². The van der Waals surface area contributed by atoms with Gasteiger partial charge in [-0.2, -0.15) is 17.9 Å². The molecule has 0 radical (unpaired) electrons. The summed E-state index contributed by atoms with van der Waals surface area (Å²) in [5.74, 6) is 0.411. The van der Waals surface area contributed by atoms with Crippen LogP contribution in [0.25, 0.3) is 11.0 Å². The van der Waals surface area contributed by atoms with Gasteiger partial charge in [0, 0.05) is 17.0 Å². The molecule has 3 unspecified atom stereocenters. The summed E-state index contributed by atoms with van der Waals surface area (Å²) in [7, 11) is 0. The number of nitriles is 1. The first-order valence-electron chi connectivity index (χ1n) is 11.6. The van der Waals surface area contributed by atoms with Gasteiger partial charge in [-0.1, -0.05) is 43.0 Å². The van der Waals surface area contributed by atoms with E-state index >= 15 is 0 Å². The molecule has 3 aromatic rings. The van der Waals surface area contributed by atoms with E-state index in [2.05, 4.69) is 35.9 Å². The first kappa shape index (κ1) is 22.3. The molecule has 2 fully saturated rings. The normalized spacial score (nSPS) is 26.2. The van der Waals surface area contributed by atoms with Gasteiger partial charge in [-0.15, -0.1) is 0 Å². The molecule has 0 bridgehead atoms. The Bertz CT molecular complexity index is 1230. The SMILES string of the molecule is Cc1cc2nc(C3(C#N)C(=N)N(C4CCCCC4)C(S)C3c3cccc(Cl)c3)[nH]c2cc1C. The number of nitrogens with zero attached hydrogens (tertiary/aromatic N) is 3.